The standard InChI is InChI=1S/C21H20ClN3O4/c1-12(2)15-5-7-16(8-6-15)28-20-19(25(26)27)21(24-11-23-20)29-17-9-13(3)18(22)14(4)10-17/h5-12H,1-4H3. The normalized spacial score (nSPS) is 10.8. The largest absolute Gasteiger partial charge is 0.433 e. The molecule has 0 saturated heterocycles. The summed E-state index contributed by atoms with van der Waals surface area (Å²) >= 11 is 6.17. The van der Waals surface area contributed by atoms with Crippen LogP contribution in [-0.2, 0) is 0 Å². The first-order valence-electron chi connectivity index (χ1n) is 8.98. The molecule has 7 nitrogen and oxygen atoms in total. The second kappa shape index (κ2) is 8.45. The zero-order valence-electron chi connectivity index (χ0n) is 16.5. The lowest BCUT2D eigenvalue weighted by Crippen LogP contribution is -2.01. The fourth-order valence-electron chi connectivity index (χ4n) is 2.76. The van der Waals surface area contributed by atoms with Crippen molar-refractivity contribution in [3.8, 4) is 23.3 Å². The maximum absolute atomic E-state index is 11.7. The molecule has 2 aromatic carbocycles. The molecule has 1 heterocycles. The zero-order chi connectivity index (χ0) is 21.1. The first-order valence-corrected chi connectivity index (χ1v) is 9.36. The molecular weight excluding hydrogens is 394 g/mol. The summed E-state index contributed by atoms with van der Waals surface area (Å²) in [5.74, 6) is 0.780. The maximum atomic E-state index is 11.7. The number of nitro groups is 1. The maximum Gasteiger partial charge on any atom is 0.393 e. The third kappa shape index (κ3) is 4.63. The lowest BCUT2D eigenvalue weighted by molar-refractivity contribution is -0.387. The van der Waals surface area contributed by atoms with Crippen molar-refractivity contribution < 1.29 is 14.4 Å². The van der Waals surface area contributed by atoms with E-state index in [0.717, 1.165) is 23.0 Å². The van der Waals surface area contributed by atoms with E-state index in [-0.39, 0.29) is 11.8 Å². The molecule has 0 unspecified atom stereocenters. The number of benzene rings is 2. The van der Waals surface area contributed by atoms with E-state index in [1.165, 1.54) is 0 Å². The Morgan fingerprint density at radius 3 is 1.97 bits per heavy atom. The van der Waals surface area contributed by atoms with Gasteiger partial charge in [-0.2, -0.15) is 9.97 Å². The van der Waals surface area contributed by atoms with Crippen molar-refractivity contribution in [1.29, 1.82) is 0 Å². The number of nitrogens with zero attached hydrogens (tertiary/aromatic N) is 3. The van der Waals surface area contributed by atoms with Crippen LogP contribution in [0.15, 0.2) is 42.7 Å². The summed E-state index contributed by atoms with van der Waals surface area (Å²) in [6.07, 6.45) is 1.16. The van der Waals surface area contributed by atoms with Gasteiger partial charge in [0, 0.05) is 5.02 Å². The molecule has 0 N–H and O–H groups in total. The van der Waals surface area contributed by atoms with Gasteiger partial charge in [-0.05, 0) is 60.7 Å². The molecule has 0 atom stereocenters. The Morgan fingerprint density at radius 1 is 0.966 bits per heavy atom. The lowest BCUT2D eigenvalue weighted by Gasteiger charge is -2.11. The molecule has 0 aliphatic rings. The summed E-state index contributed by atoms with van der Waals surface area (Å²) in [6, 6.07) is 10.7. The molecule has 29 heavy (non-hydrogen) atoms. The van der Waals surface area contributed by atoms with Crippen LogP contribution >= 0.6 is 11.6 Å². The molecule has 3 rings (SSSR count). The number of aromatic nitrogens is 2. The van der Waals surface area contributed by atoms with Gasteiger partial charge in [0.05, 0.1) is 4.92 Å². The summed E-state index contributed by atoms with van der Waals surface area (Å²) in [7, 11) is 0. The third-order valence-corrected chi connectivity index (χ3v) is 4.92. The van der Waals surface area contributed by atoms with Crippen molar-refractivity contribution in [2.75, 3.05) is 0 Å². The minimum atomic E-state index is -0.622. The average Bonchev–Trinajstić information content (AvgIpc) is 2.66. The molecule has 0 aliphatic carbocycles. The Bertz CT molecular complexity index is 1030. The van der Waals surface area contributed by atoms with E-state index in [1.54, 1.807) is 24.3 Å². The van der Waals surface area contributed by atoms with Crippen LogP contribution in [0.4, 0.5) is 5.69 Å². The Morgan fingerprint density at radius 2 is 1.48 bits per heavy atom. The van der Waals surface area contributed by atoms with Gasteiger partial charge in [0.1, 0.15) is 17.8 Å². The van der Waals surface area contributed by atoms with E-state index in [0.29, 0.717) is 22.4 Å². The van der Waals surface area contributed by atoms with E-state index in [2.05, 4.69) is 23.8 Å². The minimum absolute atomic E-state index is 0.195. The van der Waals surface area contributed by atoms with Crippen molar-refractivity contribution in [1.82, 2.24) is 9.97 Å². The number of ether oxygens (including phenoxy) is 2. The fraction of sp³-hybridized carbons (Fsp3) is 0.238. The molecule has 150 valence electrons. The number of halogens is 1. The predicted molar refractivity (Wildman–Crippen MR) is 110 cm³/mol. The van der Waals surface area contributed by atoms with Crippen molar-refractivity contribution in [3.05, 3.63) is 74.6 Å². The van der Waals surface area contributed by atoms with Crippen molar-refractivity contribution >= 4 is 17.3 Å². The summed E-state index contributed by atoms with van der Waals surface area (Å²) < 4.78 is 11.3. The third-order valence-electron chi connectivity index (χ3n) is 4.32. The lowest BCUT2D eigenvalue weighted by atomic mass is 10.0. The van der Waals surface area contributed by atoms with Crippen LogP contribution in [0.2, 0.25) is 5.02 Å². The molecule has 0 amide bonds. The summed E-state index contributed by atoms with van der Waals surface area (Å²) in [6.45, 7) is 7.81. The molecule has 8 heteroatoms. The van der Waals surface area contributed by atoms with Crippen LogP contribution in [0.25, 0.3) is 0 Å². The zero-order valence-corrected chi connectivity index (χ0v) is 17.2. The molecule has 3 aromatic rings. The molecule has 0 spiro atoms. The smallest absolute Gasteiger partial charge is 0.393 e. The van der Waals surface area contributed by atoms with Gasteiger partial charge in [-0.1, -0.05) is 37.6 Å². The Kier molecular flexibility index (Phi) is 5.98. The van der Waals surface area contributed by atoms with Gasteiger partial charge in [0.15, 0.2) is 0 Å². The quantitative estimate of drug-likeness (QED) is 0.345. The van der Waals surface area contributed by atoms with Crippen LogP contribution in [0, 0.1) is 24.0 Å². The molecule has 1 aromatic heterocycles. The van der Waals surface area contributed by atoms with E-state index in [9.17, 15) is 10.1 Å². The SMILES string of the molecule is Cc1cc(Oc2ncnc(Oc3ccc(C(C)C)cc3)c2[N+](=O)[O-])cc(C)c1Cl. The van der Waals surface area contributed by atoms with Crippen LogP contribution < -0.4 is 9.47 Å². The van der Waals surface area contributed by atoms with Crippen LogP contribution in [0.3, 0.4) is 0 Å². The van der Waals surface area contributed by atoms with Crippen molar-refractivity contribution in [3.63, 3.8) is 0 Å². The first kappa shape index (κ1) is 20.5. The van der Waals surface area contributed by atoms with Gasteiger partial charge in [-0.15, -0.1) is 0 Å². The number of hydrogen-bond donors (Lipinski definition) is 0. The molecule has 0 saturated carbocycles. The van der Waals surface area contributed by atoms with Crippen LogP contribution in [0.1, 0.15) is 36.5 Å². The molecule has 0 radical (unpaired) electrons. The number of rotatable bonds is 6. The highest BCUT2D eigenvalue weighted by atomic mass is 35.5. The van der Waals surface area contributed by atoms with Gasteiger partial charge in [-0.25, -0.2) is 0 Å². The van der Waals surface area contributed by atoms with Gasteiger partial charge in [0.2, 0.25) is 0 Å². The van der Waals surface area contributed by atoms with Gasteiger partial charge >= 0.3 is 17.4 Å². The van der Waals surface area contributed by atoms with E-state index < -0.39 is 10.6 Å². The second-order valence-electron chi connectivity index (χ2n) is 6.89. The van der Waals surface area contributed by atoms with Crippen LogP contribution in [-0.4, -0.2) is 14.9 Å². The number of aryl methyl sites for hydroxylation is 2. The topological polar surface area (TPSA) is 87.4 Å². The molecule has 0 aliphatic heterocycles. The molecule has 0 fully saturated rings. The summed E-state index contributed by atoms with van der Waals surface area (Å²) in [5, 5.41) is 12.3. The van der Waals surface area contributed by atoms with E-state index in [4.69, 9.17) is 21.1 Å². The Labute approximate surface area is 173 Å². The van der Waals surface area contributed by atoms with Gasteiger partial charge in [-0.3, -0.25) is 10.1 Å². The highest BCUT2D eigenvalue weighted by Gasteiger charge is 2.27. The minimum Gasteiger partial charge on any atom is -0.433 e. The van der Waals surface area contributed by atoms with Gasteiger partial charge in [0.25, 0.3) is 0 Å². The fourth-order valence-corrected chi connectivity index (χ4v) is 2.87. The summed E-state index contributed by atoms with van der Waals surface area (Å²) in [4.78, 5) is 18.9. The predicted octanol–water partition coefficient (Wildman–Crippen LogP) is 6.36. The van der Waals surface area contributed by atoms with Crippen molar-refractivity contribution in [2.24, 2.45) is 0 Å². The highest BCUT2D eigenvalue weighted by molar-refractivity contribution is 6.32. The average molecular weight is 414 g/mol. The van der Waals surface area contributed by atoms with Crippen molar-refractivity contribution in [2.45, 2.75) is 33.6 Å². The molecule has 0 bridgehead atoms. The van der Waals surface area contributed by atoms with E-state index >= 15 is 0 Å². The Hall–Kier alpha value is -3.19. The highest BCUT2D eigenvalue weighted by Crippen LogP contribution is 2.38. The monoisotopic (exact) mass is 413 g/mol. The first-order chi connectivity index (χ1) is 13.8. The number of hydrogen-bond acceptors (Lipinski definition) is 6. The van der Waals surface area contributed by atoms with E-state index in [1.807, 2.05) is 26.0 Å². The van der Waals surface area contributed by atoms with Gasteiger partial charge < -0.3 is 9.47 Å². The Balaban J connectivity index is 1.95. The summed E-state index contributed by atoms with van der Waals surface area (Å²) in [5.41, 5.74) is 2.26. The van der Waals surface area contributed by atoms with Crippen LogP contribution in [0.5, 0.6) is 23.3 Å². The molecular formula is C21H20ClN3O4. The second-order valence-corrected chi connectivity index (χ2v) is 7.27.